The molecule has 0 aliphatic carbocycles. The van der Waals surface area contributed by atoms with Gasteiger partial charge in [0.1, 0.15) is 5.01 Å². The summed E-state index contributed by atoms with van der Waals surface area (Å²) in [4.78, 5) is 7.03. The Morgan fingerprint density at radius 2 is 1.28 bits per heavy atom. The number of nitrogens with zero attached hydrogens (tertiary/aromatic N) is 2. The van der Waals surface area contributed by atoms with Crippen LogP contribution in [0.15, 0.2) is 66.0 Å². The van der Waals surface area contributed by atoms with Crippen LogP contribution in [0.5, 0.6) is 17.2 Å². The van der Waals surface area contributed by atoms with Crippen molar-refractivity contribution in [2.75, 3.05) is 13.1 Å². The number of rotatable bonds is 7. The van der Waals surface area contributed by atoms with E-state index in [0.29, 0.717) is 11.3 Å². The van der Waals surface area contributed by atoms with Gasteiger partial charge in [-0.05, 0) is 41.9 Å². The van der Waals surface area contributed by atoms with Crippen LogP contribution in [0.1, 0.15) is 19.4 Å². The molecule has 1 heterocycles. The van der Waals surface area contributed by atoms with Gasteiger partial charge in [-0.1, -0.05) is 62.4 Å². The van der Waals surface area contributed by atoms with Gasteiger partial charge in [-0.15, -0.1) is 11.3 Å². The minimum atomic E-state index is -0.527. The summed E-state index contributed by atoms with van der Waals surface area (Å²) in [5.41, 5.74) is 5.80. The summed E-state index contributed by atoms with van der Waals surface area (Å²) >= 11 is 1.49. The maximum atomic E-state index is 9.75. The first-order chi connectivity index (χ1) is 15.5. The third-order valence-corrected chi connectivity index (χ3v) is 6.48. The Labute approximate surface area is 191 Å². The Morgan fingerprint density at radius 3 is 1.84 bits per heavy atom. The Balaban J connectivity index is 1.51. The lowest BCUT2D eigenvalue weighted by Gasteiger charge is -2.18. The minimum absolute atomic E-state index is 0.373. The standard InChI is InChI=1S/C26H26N2O3S/c1-3-28(4-2)15-17-5-7-18(8-6-17)19-9-11-20(12-10-19)26-27-22(16-32-26)21-13-23(29)25(31)24(30)14-21/h5-14,16,29-31H,3-4,15H2,1-2H3. The van der Waals surface area contributed by atoms with Crippen molar-refractivity contribution in [1.29, 1.82) is 0 Å². The van der Waals surface area contributed by atoms with Crippen LogP contribution >= 0.6 is 11.3 Å². The van der Waals surface area contributed by atoms with E-state index in [1.54, 1.807) is 0 Å². The van der Waals surface area contributed by atoms with Gasteiger partial charge < -0.3 is 15.3 Å². The molecule has 0 spiro atoms. The number of aromatic nitrogens is 1. The topological polar surface area (TPSA) is 76.8 Å². The molecule has 164 valence electrons. The summed E-state index contributed by atoms with van der Waals surface area (Å²) in [6, 6.07) is 19.8. The highest BCUT2D eigenvalue weighted by atomic mass is 32.1. The van der Waals surface area contributed by atoms with Gasteiger partial charge in [-0.2, -0.15) is 0 Å². The monoisotopic (exact) mass is 446 g/mol. The molecule has 0 aliphatic rings. The lowest BCUT2D eigenvalue weighted by Crippen LogP contribution is -2.21. The molecule has 0 fully saturated rings. The lowest BCUT2D eigenvalue weighted by molar-refractivity contribution is 0.296. The molecule has 0 bridgehead atoms. The van der Waals surface area contributed by atoms with Crippen LogP contribution in [0.2, 0.25) is 0 Å². The molecular weight excluding hydrogens is 420 g/mol. The van der Waals surface area contributed by atoms with Crippen LogP contribution in [0.3, 0.4) is 0 Å². The fraction of sp³-hybridized carbons (Fsp3) is 0.192. The first kappa shape index (κ1) is 21.9. The number of hydrogen-bond acceptors (Lipinski definition) is 6. The van der Waals surface area contributed by atoms with E-state index in [-0.39, 0.29) is 11.5 Å². The van der Waals surface area contributed by atoms with Crippen molar-refractivity contribution in [3.8, 4) is 50.2 Å². The average molecular weight is 447 g/mol. The molecule has 4 rings (SSSR count). The lowest BCUT2D eigenvalue weighted by atomic mass is 10.0. The maximum absolute atomic E-state index is 9.75. The van der Waals surface area contributed by atoms with E-state index in [2.05, 4.69) is 60.1 Å². The van der Waals surface area contributed by atoms with Gasteiger partial charge in [0.05, 0.1) is 5.69 Å². The zero-order valence-electron chi connectivity index (χ0n) is 18.1. The molecule has 0 amide bonds. The van der Waals surface area contributed by atoms with Gasteiger partial charge in [-0.3, -0.25) is 4.90 Å². The van der Waals surface area contributed by atoms with Gasteiger partial charge in [0, 0.05) is 23.1 Å². The molecule has 1 aromatic heterocycles. The number of aromatic hydroxyl groups is 3. The molecule has 0 saturated carbocycles. The van der Waals surface area contributed by atoms with Crippen molar-refractivity contribution in [3.05, 3.63) is 71.6 Å². The predicted molar refractivity (Wildman–Crippen MR) is 130 cm³/mol. The van der Waals surface area contributed by atoms with E-state index in [4.69, 9.17) is 0 Å². The third-order valence-electron chi connectivity index (χ3n) is 5.59. The van der Waals surface area contributed by atoms with Gasteiger partial charge in [0.2, 0.25) is 0 Å². The fourth-order valence-corrected chi connectivity index (χ4v) is 4.44. The molecule has 3 aromatic carbocycles. The zero-order chi connectivity index (χ0) is 22.7. The number of phenols is 3. The normalized spacial score (nSPS) is 11.2. The third kappa shape index (κ3) is 4.61. The molecular formula is C26H26N2O3S. The molecule has 0 atom stereocenters. The van der Waals surface area contributed by atoms with Crippen molar-refractivity contribution >= 4 is 11.3 Å². The molecule has 3 N–H and O–H groups in total. The minimum Gasteiger partial charge on any atom is -0.504 e. The van der Waals surface area contributed by atoms with Crippen molar-refractivity contribution in [2.45, 2.75) is 20.4 Å². The molecule has 4 aromatic rings. The number of benzene rings is 3. The summed E-state index contributed by atoms with van der Waals surface area (Å²) in [6.07, 6.45) is 0. The highest BCUT2D eigenvalue weighted by Gasteiger charge is 2.13. The van der Waals surface area contributed by atoms with E-state index in [0.717, 1.165) is 35.8 Å². The predicted octanol–water partition coefficient (Wildman–Crippen LogP) is 6.10. The summed E-state index contributed by atoms with van der Waals surface area (Å²) < 4.78 is 0. The Kier molecular flexibility index (Phi) is 6.44. The number of hydrogen-bond donors (Lipinski definition) is 3. The number of phenolic OH excluding ortho intramolecular Hbond substituents is 3. The van der Waals surface area contributed by atoms with Gasteiger partial charge >= 0.3 is 0 Å². The van der Waals surface area contributed by atoms with Crippen LogP contribution in [-0.2, 0) is 6.54 Å². The maximum Gasteiger partial charge on any atom is 0.200 e. The molecule has 0 radical (unpaired) electrons. The van der Waals surface area contributed by atoms with Crippen LogP contribution in [0, 0.1) is 0 Å². The summed E-state index contributed by atoms with van der Waals surface area (Å²) in [6.45, 7) is 7.43. The fourth-order valence-electron chi connectivity index (χ4n) is 3.60. The van der Waals surface area contributed by atoms with Crippen molar-refractivity contribution in [2.24, 2.45) is 0 Å². The van der Waals surface area contributed by atoms with Gasteiger partial charge in [0.15, 0.2) is 17.2 Å². The van der Waals surface area contributed by atoms with Crippen LogP contribution in [-0.4, -0.2) is 38.3 Å². The van der Waals surface area contributed by atoms with E-state index in [1.807, 2.05) is 17.5 Å². The first-order valence-electron chi connectivity index (χ1n) is 10.6. The molecule has 0 aliphatic heterocycles. The quantitative estimate of drug-likeness (QED) is 0.299. The van der Waals surface area contributed by atoms with Crippen LogP contribution in [0.25, 0.3) is 33.0 Å². The van der Waals surface area contributed by atoms with Gasteiger partial charge in [-0.25, -0.2) is 4.98 Å². The van der Waals surface area contributed by atoms with E-state index < -0.39 is 5.75 Å². The summed E-state index contributed by atoms with van der Waals surface area (Å²) in [5.74, 6) is -1.27. The number of thiazole rings is 1. The van der Waals surface area contributed by atoms with Gasteiger partial charge in [0.25, 0.3) is 0 Å². The van der Waals surface area contributed by atoms with E-state index in [9.17, 15) is 15.3 Å². The van der Waals surface area contributed by atoms with Crippen molar-refractivity contribution < 1.29 is 15.3 Å². The summed E-state index contributed by atoms with van der Waals surface area (Å²) in [5, 5.41) is 31.7. The van der Waals surface area contributed by atoms with Crippen LogP contribution < -0.4 is 0 Å². The zero-order valence-corrected chi connectivity index (χ0v) is 18.9. The molecule has 0 saturated heterocycles. The Hall–Kier alpha value is -3.35. The van der Waals surface area contributed by atoms with E-state index in [1.165, 1.54) is 34.6 Å². The highest BCUT2D eigenvalue weighted by Crippen LogP contribution is 2.40. The van der Waals surface area contributed by atoms with Crippen molar-refractivity contribution in [3.63, 3.8) is 0 Å². The summed E-state index contributed by atoms with van der Waals surface area (Å²) in [7, 11) is 0. The smallest absolute Gasteiger partial charge is 0.200 e. The van der Waals surface area contributed by atoms with Crippen LogP contribution in [0.4, 0.5) is 0 Å². The largest absolute Gasteiger partial charge is 0.504 e. The second-order valence-corrected chi connectivity index (χ2v) is 8.49. The Morgan fingerprint density at radius 1 is 0.750 bits per heavy atom. The Bertz CT molecular complexity index is 1170. The highest BCUT2D eigenvalue weighted by molar-refractivity contribution is 7.13. The van der Waals surface area contributed by atoms with E-state index >= 15 is 0 Å². The molecule has 32 heavy (non-hydrogen) atoms. The first-order valence-corrected chi connectivity index (χ1v) is 11.5. The SMILES string of the molecule is CCN(CC)Cc1ccc(-c2ccc(-c3nc(-c4cc(O)c(O)c(O)c4)cs3)cc2)cc1. The molecule has 0 unspecified atom stereocenters. The second-order valence-electron chi connectivity index (χ2n) is 7.64. The second kappa shape index (κ2) is 9.42. The molecule has 6 heteroatoms. The molecule has 5 nitrogen and oxygen atoms in total. The van der Waals surface area contributed by atoms with Crippen molar-refractivity contribution in [1.82, 2.24) is 9.88 Å². The average Bonchev–Trinajstić information content (AvgIpc) is 3.31.